The van der Waals surface area contributed by atoms with Crippen molar-refractivity contribution in [1.29, 1.82) is 0 Å². The molecule has 2 rings (SSSR count). The zero-order chi connectivity index (χ0) is 24.6. The van der Waals surface area contributed by atoms with Crippen LogP contribution in [0.2, 0.25) is 5.02 Å². The summed E-state index contributed by atoms with van der Waals surface area (Å²) in [6, 6.07) is 13.4. The Morgan fingerprint density at radius 2 is 1.61 bits per heavy atom. The number of rotatable bonds is 11. The summed E-state index contributed by atoms with van der Waals surface area (Å²) in [5.41, 5.74) is 1.94. The summed E-state index contributed by atoms with van der Waals surface area (Å²) in [5, 5.41) is 3.24. The molecule has 0 heterocycles. The maximum atomic E-state index is 13.6. The third-order valence-corrected chi connectivity index (χ3v) is 6.85. The standard InChI is InChI=1S/C24H32ClN3O4S/c1-5-18-12-9-11-15-22(18)28(33(4,31)32)17-23(29)27(21(6-2)24(30)26-7-3)16-19-13-8-10-14-20(19)25/h8-15,21H,5-7,16-17H2,1-4H3,(H,26,30). The number of nitrogens with one attached hydrogen (secondary N) is 1. The van der Waals surface area contributed by atoms with Gasteiger partial charge in [0.05, 0.1) is 11.9 Å². The van der Waals surface area contributed by atoms with E-state index in [0.717, 1.165) is 16.1 Å². The molecule has 0 saturated heterocycles. The fourth-order valence-corrected chi connectivity index (χ4v) is 4.75. The topological polar surface area (TPSA) is 86.8 Å². The van der Waals surface area contributed by atoms with Crippen molar-refractivity contribution in [2.24, 2.45) is 0 Å². The Kier molecular flexibility index (Phi) is 9.73. The Bertz CT molecular complexity index is 1070. The van der Waals surface area contributed by atoms with Gasteiger partial charge in [-0.25, -0.2) is 8.42 Å². The third-order valence-electron chi connectivity index (χ3n) is 5.36. The Morgan fingerprint density at radius 1 is 1.00 bits per heavy atom. The van der Waals surface area contributed by atoms with Crippen LogP contribution in [0.4, 0.5) is 5.69 Å². The number of para-hydroxylation sites is 1. The van der Waals surface area contributed by atoms with Crippen molar-refractivity contribution in [2.75, 3.05) is 23.7 Å². The molecule has 2 amide bonds. The molecule has 0 saturated carbocycles. The number of nitrogens with zero attached hydrogens (tertiary/aromatic N) is 2. The normalized spacial score (nSPS) is 12.2. The van der Waals surface area contributed by atoms with Crippen LogP contribution in [0.15, 0.2) is 48.5 Å². The molecular formula is C24H32ClN3O4S. The number of anilines is 1. The van der Waals surface area contributed by atoms with E-state index < -0.39 is 28.5 Å². The molecule has 0 radical (unpaired) electrons. The molecule has 0 aliphatic carbocycles. The van der Waals surface area contributed by atoms with E-state index >= 15 is 0 Å². The lowest BCUT2D eigenvalue weighted by Gasteiger charge is -2.33. The second-order valence-corrected chi connectivity index (χ2v) is 10.00. The van der Waals surface area contributed by atoms with Gasteiger partial charge in [0.15, 0.2) is 0 Å². The molecule has 0 fully saturated rings. The predicted octanol–water partition coefficient (Wildman–Crippen LogP) is 3.61. The van der Waals surface area contributed by atoms with Gasteiger partial charge < -0.3 is 10.2 Å². The number of benzene rings is 2. The van der Waals surface area contributed by atoms with Gasteiger partial charge in [-0.05, 0) is 43.0 Å². The van der Waals surface area contributed by atoms with Crippen LogP contribution >= 0.6 is 11.6 Å². The molecule has 33 heavy (non-hydrogen) atoms. The van der Waals surface area contributed by atoms with Crippen molar-refractivity contribution in [1.82, 2.24) is 10.2 Å². The lowest BCUT2D eigenvalue weighted by Crippen LogP contribution is -2.52. The van der Waals surface area contributed by atoms with Crippen LogP contribution < -0.4 is 9.62 Å². The van der Waals surface area contributed by atoms with E-state index in [1.54, 1.807) is 43.3 Å². The zero-order valence-corrected chi connectivity index (χ0v) is 21.1. The van der Waals surface area contributed by atoms with E-state index in [1.807, 2.05) is 26.0 Å². The highest BCUT2D eigenvalue weighted by Gasteiger charge is 2.32. The van der Waals surface area contributed by atoms with Crippen molar-refractivity contribution in [3.05, 3.63) is 64.7 Å². The molecule has 0 aliphatic rings. The van der Waals surface area contributed by atoms with Crippen molar-refractivity contribution in [2.45, 2.75) is 46.2 Å². The molecule has 1 N–H and O–H groups in total. The monoisotopic (exact) mass is 493 g/mol. The first-order valence-electron chi connectivity index (χ1n) is 11.0. The molecule has 9 heteroatoms. The Hall–Kier alpha value is -2.58. The summed E-state index contributed by atoms with van der Waals surface area (Å²) in [5.74, 6) is -0.773. The molecule has 0 aromatic heterocycles. The van der Waals surface area contributed by atoms with Crippen molar-refractivity contribution in [3.8, 4) is 0 Å². The summed E-state index contributed by atoms with van der Waals surface area (Å²) in [6.45, 7) is 5.62. The van der Waals surface area contributed by atoms with E-state index in [4.69, 9.17) is 11.6 Å². The number of aryl methyl sites for hydroxylation is 1. The van der Waals surface area contributed by atoms with Gasteiger partial charge in [-0.15, -0.1) is 0 Å². The summed E-state index contributed by atoms with van der Waals surface area (Å²) in [7, 11) is -3.76. The number of carbonyl (C=O) groups excluding carboxylic acids is 2. The van der Waals surface area contributed by atoms with Gasteiger partial charge in [-0.1, -0.05) is 61.8 Å². The molecule has 1 unspecified atom stereocenters. The Morgan fingerprint density at radius 3 is 2.15 bits per heavy atom. The van der Waals surface area contributed by atoms with Gasteiger partial charge in [0.1, 0.15) is 12.6 Å². The highest BCUT2D eigenvalue weighted by atomic mass is 35.5. The van der Waals surface area contributed by atoms with E-state index in [2.05, 4.69) is 5.32 Å². The second kappa shape index (κ2) is 12.0. The Labute approximate surface area is 201 Å². The van der Waals surface area contributed by atoms with E-state index in [-0.39, 0.29) is 12.5 Å². The van der Waals surface area contributed by atoms with Crippen LogP contribution in [0.1, 0.15) is 38.3 Å². The minimum atomic E-state index is -3.76. The quantitative estimate of drug-likeness (QED) is 0.518. The number of halogens is 1. The maximum absolute atomic E-state index is 13.6. The summed E-state index contributed by atoms with van der Waals surface area (Å²) in [6.07, 6.45) is 2.05. The largest absolute Gasteiger partial charge is 0.355 e. The minimum absolute atomic E-state index is 0.0845. The van der Waals surface area contributed by atoms with Crippen LogP contribution in [0.5, 0.6) is 0 Å². The van der Waals surface area contributed by atoms with Crippen molar-refractivity contribution in [3.63, 3.8) is 0 Å². The maximum Gasteiger partial charge on any atom is 0.244 e. The molecule has 0 spiro atoms. The van der Waals surface area contributed by atoms with Crippen LogP contribution in [-0.4, -0.2) is 50.5 Å². The summed E-state index contributed by atoms with van der Waals surface area (Å²) in [4.78, 5) is 27.8. The van der Waals surface area contributed by atoms with Gasteiger partial charge in [-0.3, -0.25) is 13.9 Å². The average molecular weight is 494 g/mol. The van der Waals surface area contributed by atoms with Gasteiger partial charge >= 0.3 is 0 Å². The first-order chi connectivity index (χ1) is 15.6. The molecule has 7 nitrogen and oxygen atoms in total. The number of amides is 2. The number of hydrogen-bond acceptors (Lipinski definition) is 4. The molecule has 0 bridgehead atoms. The Balaban J connectivity index is 2.48. The zero-order valence-electron chi connectivity index (χ0n) is 19.5. The highest BCUT2D eigenvalue weighted by Crippen LogP contribution is 2.25. The molecule has 180 valence electrons. The molecule has 2 aromatic rings. The fraction of sp³-hybridized carbons (Fsp3) is 0.417. The van der Waals surface area contributed by atoms with Crippen LogP contribution in [0.3, 0.4) is 0 Å². The first-order valence-corrected chi connectivity index (χ1v) is 13.2. The number of carbonyl (C=O) groups is 2. The summed E-state index contributed by atoms with van der Waals surface area (Å²) < 4.78 is 26.5. The number of likely N-dealkylation sites (N-methyl/N-ethyl adjacent to an activating group) is 1. The molecule has 0 aliphatic heterocycles. The third kappa shape index (κ3) is 6.95. The van der Waals surface area contributed by atoms with Gasteiger partial charge in [-0.2, -0.15) is 0 Å². The molecule has 2 aromatic carbocycles. The molecule has 1 atom stereocenters. The van der Waals surface area contributed by atoms with E-state index in [1.165, 1.54) is 4.90 Å². The van der Waals surface area contributed by atoms with Crippen LogP contribution in [0.25, 0.3) is 0 Å². The summed E-state index contributed by atoms with van der Waals surface area (Å²) >= 11 is 6.33. The molecular weight excluding hydrogens is 462 g/mol. The lowest BCUT2D eigenvalue weighted by molar-refractivity contribution is -0.140. The number of sulfonamides is 1. The van der Waals surface area contributed by atoms with Gasteiger partial charge in [0, 0.05) is 18.1 Å². The van der Waals surface area contributed by atoms with E-state index in [9.17, 15) is 18.0 Å². The van der Waals surface area contributed by atoms with Gasteiger partial charge in [0.25, 0.3) is 0 Å². The van der Waals surface area contributed by atoms with E-state index in [0.29, 0.717) is 35.7 Å². The van der Waals surface area contributed by atoms with Gasteiger partial charge in [0.2, 0.25) is 21.8 Å². The number of hydrogen-bond donors (Lipinski definition) is 1. The lowest BCUT2D eigenvalue weighted by atomic mass is 10.1. The van der Waals surface area contributed by atoms with Crippen LogP contribution in [0, 0.1) is 0 Å². The minimum Gasteiger partial charge on any atom is -0.355 e. The smallest absolute Gasteiger partial charge is 0.244 e. The van der Waals surface area contributed by atoms with Crippen molar-refractivity contribution < 1.29 is 18.0 Å². The predicted molar refractivity (Wildman–Crippen MR) is 133 cm³/mol. The highest BCUT2D eigenvalue weighted by molar-refractivity contribution is 7.92. The second-order valence-electron chi connectivity index (χ2n) is 7.68. The van der Waals surface area contributed by atoms with Crippen molar-refractivity contribution >= 4 is 39.1 Å². The van der Waals surface area contributed by atoms with Crippen LogP contribution in [-0.2, 0) is 32.6 Å². The fourth-order valence-electron chi connectivity index (χ4n) is 3.67. The average Bonchev–Trinajstić information content (AvgIpc) is 2.77. The SMILES string of the molecule is CCNC(=O)C(CC)N(Cc1ccccc1Cl)C(=O)CN(c1ccccc1CC)S(C)(=O)=O. The first kappa shape index (κ1) is 26.7.